The molecule has 0 saturated carbocycles. The minimum absolute atomic E-state index is 0.0338. The van der Waals surface area contributed by atoms with E-state index in [0.29, 0.717) is 42.1 Å². The third kappa shape index (κ3) is 4.07. The van der Waals surface area contributed by atoms with Crippen LogP contribution in [0.15, 0.2) is 66.8 Å². The number of halogens is 1. The number of amides is 1. The van der Waals surface area contributed by atoms with Crippen LogP contribution in [-0.2, 0) is 22.6 Å². The van der Waals surface area contributed by atoms with Crippen molar-refractivity contribution in [2.75, 3.05) is 6.54 Å². The van der Waals surface area contributed by atoms with Gasteiger partial charge in [0.25, 0.3) is 5.91 Å². The molecule has 34 heavy (non-hydrogen) atoms. The van der Waals surface area contributed by atoms with Crippen molar-refractivity contribution in [3.8, 4) is 5.75 Å². The summed E-state index contributed by atoms with van der Waals surface area (Å²) < 4.78 is 7.69. The Balaban J connectivity index is 1.53. The van der Waals surface area contributed by atoms with E-state index in [1.54, 1.807) is 42.5 Å². The normalized spacial score (nSPS) is 21.1. The first-order valence-electron chi connectivity index (χ1n) is 11.3. The number of likely N-dealkylation sites (tertiary alicyclic amines) is 1. The highest BCUT2D eigenvalue weighted by Crippen LogP contribution is 2.40. The molecule has 2 aliphatic rings. The first kappa shape index (κ1) is 22.2. The predicted molar refractivity (Wildman–Crippen MR) is 124 cm³/mol. The Labute approximate surface area is 202 Å². The number of hydrogen-bond acceptors (Lipinski definition) is 4. The maximum atomic E-state index is 13.6. The van der Waals surface area contributed by atoms with Crippen molar-refractivity contribution in [2.24, 2.45) is 0 Å². The van der Waals surface area contributed by atoms with Gasteiger partial charge < -0.3 is 14.7 Å². The van der Waals surface area contributed by atoms with Crippen LogP contribution < -0.4 is 14.4 Å². The van der Waals surface area contributed by atoms with E-state index in [1.807, 2.05) is 30.2 Å². The van der Waals surface area contributed by atoms with Gasteiger partial charge in [0.2, 0.25) is 12.1 Å². The minimum atomic E-state index is -0.786. The maximum absolute atomic E-state index is 13.6. The number of nitrogens with zero attached hydrogens (tertiary/aromatic N) is 2. The first-order chi connectivity index (χ1) is 16.4. The third-order valence-electron chi connectivity index (χ3n) is 6.27. The van der Waals surface area contributed by atoms with E-state index in [9.17, 15) is 14.7 Å². The van der Waals surface area contributed by atoms with Crippen molar-refractivity contribution in [3.63, 3.8) is 0 Å². The van der Waals surface area contributed by atoms with Gasteiger partial charge in [-0.25, -0.2) is 4.57 Å². The fraction of sp³-hybridized carbons (Fsp3) is 0.269. The minimum Gasteiger partial charge on any atom is -0.872 e. The number of Topliss-reactive ketones (excluding diaryl/α,β-unsaturated/α-hetero) is 1. The molecule has 174 valence electrons. The van der Waals surface area contributed by atoms with E-state index in [0.717, 1.165) is 11.3 Å². The Kier molecular flexibility index (Phi) is 5.87. The number of hydrogen-bond donors (Lipinski definition) is 1. The SMILES string of the molecule is CC1Cc2cc(/C([O-])=C3\C(=O)C(=O)N(CCC[n+]4cc[nH]c4)C3c3cccc(Cl)c3)ccc2O1. The zero-order valence-electron chi connectivity index (χ0n) is 18.7. The Morgan fingerprint density at radius 1 is 1.26 bits per heavy atom. The summed E-state index contributed by atoms with van der Waals surface area (Å²) in [5, 5.41) is 14.1. The summed E-state index contributed by atoms with van der Waals surface area (Å²) in [4.78, 5) is 30.7. The molecule has 1 amide bonds. The average Bonchev–Trinajstić information content (AvgIpc) is 3.52. The van der Waals surface area contributed by atoms with Gasteiger partial charge in [0.05, 0.1) is 12.6 Å². The second kappa shape index (κ2) is 8.99. The van der Waals surface area contributed by atoms with Crippen LogP contribution in [0.2, 0.25) is 5.02 Å². The number of aromatic nitrogens is 2. The molecule has 2 aromatic carbocycles. The van der Waals surface area contributed by atoms with Crippen LogP contribution >= 0.6 is 11.6 Å². The van der Waals surface area contributed by atoms with Crippen molar-refractivity contribution < 1.29 is 24.0 Å². The number of aryl methyl sites for hydroxylation is 1. The van der Waals surface area contributed by atoms with Gasteiger partial charge in [0, 0.05) is 30.0 Å². The highest BCUT2D eigenvalue weighted by atomic mass is 35.5. The monoisotopic (exact) mass is 477 g/mol. The first-order valence-corrected chi connectivity index (χ1v) is 11.6. The van der Waals surface area contributed by atoms with Gasteiger partial charge in [-0.1, -0.05) is 35.6 Å². The fourth-order valence-corrected chi connectivity index (χ4v) is 4.92. The lowest BCUT2D eigenvalue weighted by atomic mass is 9.94. The smallest absolute Gasteiger partial charge is 0.295 e. The molecule has 2 atom stereocenters. The molecule has 1 aromatic heterocycles. The number of ketones is 1. The lowest BCUT2D eigenvalue weighted by molar-refractivity contribution is -0.695. The maximum Gasteiger partial charge on any atom is 0.295 e. The second-order valence-electron chi connectivity index (χ2n) is 8.69. The Morgan fingerprint density at radius 3 is 2.88 bits per heavy atom. The van der Waals surface area contributed by atoms with E-state index < -0.39 is 23.5 Å². The zero-order chi connectivity index (χ0) is 23.8. The molecule has 1 fully saturated rings. The lowest BCUT2D eigenvalue weighted by Crippen LogP contribution is -2.36. The number of H-pyrrole nitrogens is 1. The number of carbonyl (C=O) groups excluding carboxylic acids is 2. The second-order valence-corrected chi connectivity index (χ2v) is 9.12. The van der Waals surface area contributed by atoms with Crippen molar-refractivity contribution in [1.82, 2.24) is 9.88 Å². The molecule has 2 unspecified atom stereocenters. The molecule has 1 saturated heterocycles. The Bertz CT molecular complexity index is 1280. The van der Waals surface area contributed by atoms with Crippen LogP contribution in [0.25, 0.3) is 5.76 Å². The quantitative estimate of drug-likeness (QED) is 0.256. The number of ether oxygens (including phenoxy) is 1. The van der Waals surface area contributed by atoms with E-state index in [4.69, 9.17) is 16.3 Å². The molecule has 1 N–H and O–H groups in total. The average molecular weight is 478 g/mol. The number of fused-ring (bicyclic) bond motifs is 1. The molecule has 0 spiro atoms. The third-order valence-corrected chi connectivity index (χ3v) is 6.51. The molecule has 0 radical (unpaired) electrons. The van der Waals surface area contributed by atoms with Gasteiger partial charge in [0.15, 0.2) is 0 Å². The summed E-state index contributed by atoms with van der Waals surface area (Å²) in [6, 6.07) is 11.4. The van der Waals surface area contributed by atoms with Crippen LogP contribution in [0, 0.1) is 0 Å². The Hall–Kier alpha value is -3.58. The van der Waals surface area contributed by atoms with Gasteiger partial charge >= 0.3 is 0 Å². The lowest BCUT2D eigenvalue weighted by Gasteiger charge is -2.27. The molecule has 3 aromatic rings. The van der Waals surface area contributed by atoms with Gasteiger partial charge in [-0.05, 0) is 47.9 Å². The van der Waals surface area contributed by atoms with E-state index in [2.05, 4.69) is 4.98 Å². The van der Waals surface area contributed by atoms with E-state index in [-0.39, 0.29) is 11.7 Å². The van der Waals surface area contributed by atoms with E-state index >= 15 is 0 Å². The number of nitrogens with one attached hydrogen (secondary N) is 1. The predicted octanol–water partition coefficient (Wildman–Crippen LogP) is 2.59. The Morgan fingerprint density at radius 2 is 2.12 bits per heavy atom. The number of benzene rings is 2. The summed E-state index contributed by atoms with van der Waals surface area (Å²) in [7, 11) is 0. The standard InChI is InChI=1S/C26H24ClN3O4/c1-16-12-19-13-18(6-7-21(19)34-16)24(31)22-23(17-4-2-5-20(27)14-17)30(26(33)25(22)32)10-3-9-29-11-8-28-15-29/h2,4-8,11,13-16,23H,3,9-10,12H2,1H3,(H,31,32). The zero-order valence-corrected chi connectivity index (χ0v) is 19.4. The van der Waals surface area contributed by atoms with Crippen molar-refractivity contribution in [1.29, 1.82) is 0 Å². The summed E-state index contributed by atoms with van der Waals surface area (Å²) >= 11 is 6.23. The number of carbonyl (C=O) groups is 2. The number of imidazole rings is 1. The van der Waals surface area contributed by atoms with Crippen LogP contribution in [-0.4, -0.2) is 34.2 Å². The van der Waals surface area contributed by atoms with Gasteiger partial charge in [-0.2, -0.15) is 0 Å². The summed E-state index contributed by atoms with van der Waals surface area (Å²) in [6.45, 7) is 2.95. The molecule has 0 aliphatic carbocycles. The largest absolute Gasteiger partial charge is 0.872 e. The van der Waals surface area contributed by atoms with Crippen LogP contribution in [0.4, 0.5) is 0 Å². The molecule has 3 heterocycles. The van der Waals surface area contributed by atoms with Gasteiger partial charge in [-0.15, -0.1) is 0 Å². The van der Waals surface area contributed by atoms with Crippen molar-refractivity contribution in [3.05, 3.63) is 88.5 Å². The summed E-state index contributed by atoms with van der Waals surface area (Å²) in [5.41, 5.74) is 1.91. The van der Waals surface area contributed by atoms with Crippen molar-refractivity contribution >= 4 is 29.1 Å². The van der Waals surface area contributed by atoms with Crippen LogP contribution in [0.5, 0.6) is 5.75 Å². The molecule has 8 heteroatoms. The number of rotatable bonds is 6. The van der Waals surface area contributed by atoms with Gasteiger partial charge in [0.1, 0.15) is 24.2 Å². The molecule has 5 rings (SSSR count). The van der Waals surface area contributed by atoms with Crippen molar-refractivity contribution in [2.45, 2.75) is 38.5 Å². The van der Waals surface area contributed by atoms with E-state index in [1.165, 1.54) is 4.90 Å². The molecule has 0 bridgehead atoms. The summed E-state index contributed by atoms with van der Waals surface area (Å²) in [6.07, 6.45) is 6.88. The highest BCUT2D eigenvalue weighted by Gasteiger charge is 2.44. The molecular weight excluding hydrogens is 454 g/mol. The van der Waals surface area contributed by atoms with Crippen LogP contribution in [0.1, 0.15) is 36.1 Å². The van der Waals surface area contributed by atoms with Crippen LogP contribution in [0.3, 0.4) is 0 Å². The summed E-state index contributed by atoms with van der Waals surface area (Å²) in [5.74, 6) is -1.11. The van der Waals surface area contributed by atoms with Gasteiger partial charge in [-0.3, -0.25) is 14.6 Å². The fourth-order valence-electron chi connectivity index (χ4n) is 4.73. The molecular formula is C26H24ClN3O4. The number of aromatic amines is 1. The topological polar surface area (TPSA) is 89.3 Å². The molecule has 7 nitrogen and oxygen atoms in total. The highest BCUT2D eigenvalue weighted by molar-refractivity contribution is 6.46. The molecule has 2 aliphatic heterocycles.